The van der Waals surface area contributed by atoms with E-state index in [0.29, 0.717) is 0 Å². The van der Waals surface area contributed by atoms with E-state index in [-0.39, 0.29) is 23.6 Å². The fraction of sp³-hybridized carbons (Fsp3) is 0.300. The van der Waals surface area contributed by atoms with Gasteiger partial charge in [-0.25, -0.2) is 0 Å². The molecule has 2 rings (SSSR count). The summed E-state index contributed by atoms with van der Waals surface area (Å²) in [5, 5.41) is 5.90. The minimum atomic E-state index is -0.476. The number of halogens is 2. The number of hydrogen-bond acceptors (Lipinski definition) is 2. The molecule has 0 unspecified atom stereocenters. The Bertz CT molecular complexity index is 714. The van der Waals surface area contributed by atoms with Crippen LogP contribution in [0, 0.1) is 13.8 Å². The van der Waals surface area contributed by atoms with Crippen molar-refractivity contribution in [2.75, 3.05) is 11.8 Å². The Balaban J connectivity index is 2.56. The fourth-order valence-corrected chi connectivity index (χ4v) is 3.13. The van der Waals surface area contributed by atoms with Crippen LogP contribution < -0.4 is 10.6 Å². The van der Waals surface area contributed by atoms with Crippen molar-refractivity contribution in [2.45, 2.75) is 25.9 Å². The molecule has 0 spiro atoms. The van der Waals surface area contributed by atoms with Gasteiger partial charge >= 0.3 is 0 Å². The summed E-state index contributed by atoms with van der Waals surface area (Å²) in [6, 6.07) is 14.5. The molecular formula is C20H22Cl2N2O2. The normalized spacial score (nSPS) is 12.9. The zero-order valence-electron chi connectivity index (χ0n) is 14.8. The first kappa shape index (κ1) is 20.3. The van der Waals surface area contributed by atoms with Crippen LogP contribution in [0.5, 0.6) is 0 Å². The minimum Gasteiger partial charge on any atom is -0.346 e. The zero-order chi connectivity index (χ0) is 19.1. The summed E-state index contributed by atoms with van der Waals surface area (Å²) in [5.74, 6) is -0.934. The number of nitrogens with one attached hydrogen (secondary N) is 2. The van der Waals surface area contributed by atoms with E-state index in [2.05, 4.69) is 10.6 Å². The van der Waals surface area contributed by atoms with E-state index in [1.54, 1.807) is 0 Å². The Morgan fingerprint density at radius 1 is 0.769 bits per heavy atom. The molecule has 2 N–H and O–H groups in total. The molecule has 2 atom stereocenters. The van der Waals surface area contributed by atoms with Crippen LogP contribution in [0.4, 0.5) is 0 Å². The van der Waals surface area contributed by atoms with Crippen molar-refractivity contribution in [3.63, 3.8) is 0 Å². The van der Waals surface area contributed by atoms with Crippen LogP contribution in [0.2, 0.25) is 0 Å². The van der Waals surface area contributed by atoms with Crippen LogP contribution in [0.25, 0.3) is 0 Å². The third-order valence-electron chi connectivity index (χ3n) is 4.26. The lowest BCUT2D eigenvalue weighted by Crippen LogP contribution is -2.42. The molecule has 0 saturated carbocycles. The van der Waals surface area contributed by atoms with Crippen LogP contribution in [-0.4, -0.2) is 23.6 Å². The predicted molar refractivity (Wildman–Crippen MR) is 106 cm³/mol. The molecule has 2 aromatic rings. The summed E-state index contributed by atoms with van der Waals surface area (Å²) in [6.45, 7) is 3.93. The quantitative estimate of drug-likeness (QED) is 0.704. The monoisotopic (exact) mass is 392 g/mol. The lowest BCUT2D eigenvalue weighted by molar-refractivity contribution is -0.122. The Labute approximate surface area is 163 Å². The molecular weight excluding hydrogens is 371 g/mol. The van der Waals surface area contributed by atoms with Gasteiger partial charge < -0.3 is 10.6 Å². The Hall–Kier alpha value is -2.04. The van der Waals surface area contributed by atoms with E-state index in [1.807, 2.05) is 62.4 Å². The molecule has 26 heavy (non-hydrogen) atoms. The fourth-order valence-electron chi connectivity index (χ4n) is 2.98. The summed E-state index contributed by atoms with van der Waals surface area (Å²) < 4.78 is 0. The highest BCUT2D eigenvalue weighted by Gasteiger charge is 2.29. The molecule has 0 aliphatic heterocycles. The van der Waals surface area contributed by atoms with E-state index in [9.17, 15) is 9.59 Å². The van der Waals surface area contributed by atoms with Gasteiger partial charge in [0.2, 0.25) is 11.8 Å². The van der Waals surface area contributed by atoms with Crippen molar-refractivity contribution >= 4 is 35.0 Å². The molecule has 2 amide bonds. The largest absolute Gasteiger partial charge is 0.346 e. The Morgan fingerprint density at radius 3 is 1.42 bits per heavy atom. The van der Waals surface area contributed by atoms with Crippen LogP contribution in [0.15, 0.2) is 48.5 Å². The number of benzene rings is 2. The molecule has 4 nitrogen and oxygen atoms in total. The van der Waals surface area contributed by atoms with Gasteiger partial charge in [-0.3, -0.25) is 9.59 Å². The molecule has 0 aliphatic carbocycles. The van der Waals surface area contributed by atoms with Gasteiger partial charge in [-0.2, -0.15) is 0 Å². The van der Waals surface area contributed by atoms with Gasteiger partial charge in [-0.05, 0) is 36.1 Å². The number of aryl methyl sites for hydroxylation is 2. The van der Waals surface area contributed by atoms with Crippen molar-refractivity contribution in [1.29, 1.82) is 0 Å². The molecule has 6 heteroatoms. The maximum Gasteiger partial charge on any atom is 0.235 e. The summed E-state index contributed by atoms with van der Waals surface area (Å²) in [6.07, 6.45) is 0. The maximum absolute atomic E-state index is 12.1. The van der Waals surface area contributed by atoms with Crippen LogP contribution >= 0.6 is 23.2 Å². The van der Waals surface area contributed by atoms with Crippen molar-refractivity contribution < 1.29 is 9.59 Å². The first-order chi connectivity index (χ1) is 12.5. The number of carbonyl (C=O) groups is 2. The summed E-state index contributed by atoms with van der Waals surface area (Å²) in [7, 11) is 0. The second kappa shape index (κ2) is 9.60. The number of carbonyl (C=O) groups excluding carboxylic acids is 2. The summed E-state index contributed by atoms with van der Waals surface area (Å²) in [5.41, 5.74) is 3.83. The number of alkyl halides is 2. The second-order valence-electron chi connectivity index (χ2n) is 6.07. The first-order valence-corrected chi connectivity index (χ1v) is 9.36. The third kappa shape index (κ3) is 4.99. The molecule has 0 radical (unpaired) electrons. The first-order valence-electron chi connectivity index (χ1n) is 8.29. The zero-order valence-corrected chi connectivity index (χ0v) is 16.3. The lowest BCUT2D eigenvalue weighted by atomic mass is 9.88. The van der Waals surface area contributed by atoms with Gasteiger partial charge in [0, 0.05) is 0 Å². The Kier molecular flexibility index (Phi) is 7.49. The molecule has 0 heterocycles. The SMILES string of the molecule is Cc1ccccc1[C@H](NC(=O)CCl)[C@@H](NC(=O)CCl)c1ccccc1C. The molecule has 0 fully saturated rings. The van der Waals surface area contributed by atoms with Gasteiger partial charge in [0.15, 0.2) is 0 Å². The Morgan fingerprint density at radius 2 is 1.12 bits per heavy atom. The minimum absolute atomic E-state index is 0.160. The second-order valence-corrected chi connectivity index (χ2v) is 6.61. The van der Waals surface area contributed by atoms with Gasteiger partial charge in [0.1, 0.15) is 11.8 Å². The van der Waals surface area contributed by atoms with Crippen molar-refractivity contribution in [2.24, 2.45) is 0 Å². The molecule has 0 saturated heterocycles. The van der Waals surface area contributed by atoms with Crippen LogP contribution in [0.3, 0.4) is 0 Å². The lowest BCUT2D eigenvalue weighted by Gasteiger charge is -2.31. The number of rotatable bonds is 7. The van der Waals surface area contributed by atoms with E-state index < -0.39 is 12.1 Å². The molecule has 0 bridgehead atoms. The third-order valence-corrected chi connectivity index (χ3v) is 4.74. The van der Waals surface area contributed by atoms with Gasteiger partial charge in [-0.1, -0.05) is 48.5 Å². The molecule has 138 valence electrons. The van der Waals surface area contributed by atoms with E-state index in [0.717, 1.165) is 22.3 Å². The maximum atomic E-state index is 12.1. The topological polar surface area (TPSA) is 58.2 Å². The number of amides is 2. The number of hydrogen-bond donors (Lipinski definition) is 2. The van der Waals surface area contributed by atoms with Gasteiger partial charge in [0.05, 0.1) is 12.1 Å². The summed E-state index contributed by atoms with van der Waals surface area (Å²) >= 11 is 11.4. The highest BCUT2D eigenvalue weighted by atomic mass is 35.5. The van der Waals surface area contributed by atoms with E-state index in [1.165, 1.54) is 0 Å². The van der Waals surface area contributed by atoms with Gasteiger partial charge in [-0.15, -0.1) is 23.2 Å². The van der Waals surface area contributed by atoms with Crippen LogP contribution in [-0.2, 0) is 9.59 Å². The average Bonchev–Trinajstić information content (AvgIpc) is 2.65. The van der Waals surface area contributed by atoms with E-state index >= 15 is 0 Å². The predicted octanol–water partition coefficient (Wildman–Crippen LogP) is 3.80. The molecule has 0 aliphatic rings. The smallest absolute Gasteiger partial charge is 0.235 e. The summed E-state index contributed by atoms with van der Waals surface area (Å²) in [4.78, 5) is 24.2. The van der Waals surface area contributed by atoms with Crippen molar-refractivity contribution in [3.8, 4) is 0 Å². The molecule has 2 aromatic carbocycles. The van der Waals surface area contributed by atoms with Gasteiger partial charge in [0.25, 0.3) is 0 Å². The molecule has 0 aromatic heterocycles. The van der Waals surface area contributed by atoms with Crippen molar-refractivity contribution in [3.05, 3.63) is 70.8 Å². The average molecular weight is 393 g/mol. The highest BCUT2D eigenvalue weighted by molar-refractivity contribution is 6.27. The van der Waals surface area contributed by atoms with E-state index in [4.69, 9.17) is 23.2 Å². The van der Waals surface area contributed by atoms with Crippen molar-refractivity contribution in [1.82, 2.24) is 10.6 Å². The highest BCUT2D eigenvalue weighted by Crippen LogP contribution is 2.32. The van der Waals surface area contributed by atoms with Crippen LogP contribution in [0.1, 0.15) is 34.3 Å². The standard InChI is InChI=1S/C20H22Cl2N2O2/c1-13-7-3-5-9-15(13)19(23-17(25)11-21)20(24-18(26)12-22)16-10-6-4-8-14(16)2/h3-10,19-20H,11-12H2,1-2H3,(H,23,25)(H,24,26)/t19-,20-/m0/s1.